The van der Waals surface area contributed by atoms with Crippen LogP contribution in [0, 0.1) is 6.92 Å². The Balaban J connectivity index is 1.78. The quantitative estimate of drug-likeness (QED) is 0.680. The van der Waals surface area contributed by atoms with Crippen LogP contribution in [0.25, 0.3) is 0 Å². The van der Waals surface area contributed by atoms with Gasteiger partial charge in [-0.15, -0.1) is 0 Å². The summed E-state index contributed by atoms with van der Waals surface area (Å²) >= 11 is 0. The highest BCUT2D eigenvalue weighted by molar-refractivity contribution is 6.02. The van der Waals surface area contributed by atoms with Crippen molar-refractivity contribution in [1.82, 2.24) is 0 Å². The second kappa shape index (κ2) is 6.00. The Morgan fingerprint density at radius 3 is 2.86 bits per heavy atom. The molecule has 0 saturated heterocycles. The SMILES string of the molecule is Cc1cccc(COc2ccc3c(c2)/C(=N\O)CCC3)c1. The minimum absolute atomic E-state index is 0.548. The number of hydrogen-bond donors (Lipinski definition) is 1. The summed E-state index contributed by atoms with van der Waals surface area (Å²) in [6.07, 6.45) is 2.90. The Morgan fingerprint density at radius 1 is 1.14 bits per heavy atom. The maximum Gasteiger partial charge on any atom is 0.120 e. The average Bonchev–Trinajstić information content (AvgIpc) is 2.52. The third-order valence-corrected chi connectivity index (χ3v) is 3.86. The van der Waals surface area contributed by atoms with E-state index in [0.29, 0.717) is 6.61 Å². The molecule has 0 heterocycles. The highest BCUT2D eigenvalue weighted by Gasteiger charge is 2.16. The monoisotopic (exact) mass is 281 g/mol. The van der Waals surface area contributed by atoms with Crippen molar-refractivity contribution in [3.63, 3.8) is 0 Å². The van der Waals surface area contributed by atoms with Crippen LogP contribution in [-0.4, -0.2) is 10.9 Å². The molecule has 3 heteroatoms. The van der Waals surface area contributed by atoms with Gasteiger partial charge in [0.25, 0.3) is 0 Å². The van der Waals surface area contributed by atoms with Crippen molar-refractivity contribution < 1.29 is 9.94 Å². The Bertz CT molecular complexity index is 677. The van der Waals surface area contributed by atoms with Gasteiger partial charge in [-0.25, -0.2) is 0 Å². The van der Waals surface area contributed by atoms with Gasteiger partial charge in [-0.2, -0.15) is 0 Å². The van der Waals surface area contributed by atoms with Gasteiger partial charge >= 0.3 is 0 Å². The van der Waals surface area contributed by atoms with Gasteiger partial charge in [0.05, 0.1) is 5.71 Å². The maximum atomic E-state index is 9.11. The molecular formula is C18H19NO2. The first-order chi connectivity index (χ1) is 10.3. The van der Waals surface area contributed by atoms with Gasteiger partial charge in [0.2, 0.25) is 0 Å². The minimum Gasteiger partial charge on any atom is -0.489 e. The van der Waals surface area contributed by atoms with Crippen LogP contribution in [0.1, 0.15) is 35.1 Å². The van der Waals surface area contributed by atoms with E-state index in [1.54, 1.807) is 0 Å². The molecule has 0 aliphatic heterocycles. The van der Waals surface area contributed by atoms with Crippen molar-refractivity contribution in [1.29, 1.82) is 0 Å². The molecule has 0 aromatic heterocycles. The van der Waals surface area contributed by atoms with Crippen LogP contribution >= 0.6 is 0 Å². The van der Waals surface area contributed by atoms with Gasteiger partial charge in [0.1, 0.15) is 12.4 Å². The van der Waals surface area contributed by atoms with Crippen LogP contribution < -0.4 is 4.74 Å². The number of oxime groups is 1. The van der Waals surface area contributed by atoms with Crippen molar-refractivity contribution >= 4 is 5.71 Å². The minimum atomic E-state index is 0.548. The summed E-state index contributed by atoms with van der Waals surface area (Å²) in [5, 5.41) is 12.5. The zero-order valence-electron chi connectivity index (χ0n) is 12.2. The van der Waals surface area contributed by atoms with Crippen LogP contribution in [0.3, 0.4) is 0 Å². The van der Waals surface area contributed by atoms with E-state index in [2.05, 4.69) is 36.3 Å². The zero-order chi connectivity index (χ0) is 14.7. The van der Waals surface area contributed by atoms with Crippen LogP contribution in [-0.2, 0) is 13.0 Å². The first-order valence-electron chi connectivity index (χ1n) is 7.29. The Morgan fingerprint density at radius 2 is 2.05 bits per heavy atom. The lowest BCUT2D eigenvalue weighted by atomic mass is 9.90. The van der Waals surface area contributed by atoms with Crippen LogP contribution in [0.2, 0.25) is 0 Å². The molecule has 108 valence electrons. The molecule has 0 bridgehead atoms. The molecular weight excluding hydrogens is 262 g/mol. The molecule has 0 saturated carbocycles. The number of benzene rings is 2. The van der Waals surface area contributed by atoms with E-state index in [-0.39, 0.29) is 0 Å². The topological polar surface area (TPSA) is 41.8 Å². The molecule has 2 aromatic carbocycles. The molecule has 0 amide bonds. The molecule has 1 aliphatic rings. The number of rotatable bonds is 3. The summed E-state index contributed by atoms with van der Waals surface area (Å²) in [5.41, 5.74) is 5.40. The van der Waals surface area contributed by atoms with Crippen molar-refractivity contribution in [3.8, 4) is 5.75 Å². The molecule has 0 spiro atoms. The molecule has 2 aromatic rings. The fraction of sp³-hybridized carbons (Fsp3) is 0.278. The standard InChI is InChI=1S/C18H19NO2/c1-13-4-2-5-14(10-13)12-21-16-9-8-15-6-3-7-18(19-20)17(15)11-16/h2,4-5,8-11,20H,3,6-7,12H2,1H3/b19-18-. The summed E-state index contributed by atoms with van der Waals surface area (Å²) in [6.45, 7) is 2.62. The first-order valence-corrected chi connectivity index (χ1v) is 7.29. The van der Waals surface area contributed by atoms with Crippen molar-refractivity contribution in [2.45, 2.75) is 32.8 Å². The smallest absolute Gasteiger partial charge is 0.120 e. The van der Waals surface area contributed by atoms with E-state index in [4.69, 9.17) is 9.94 Å². The Hall–Kier alpha value is -2.29. The summed E-state index contributed by atoms with van der Waals surface area (Å²) in [5.74, 6) is 0.818. The summed E-state index contributed by atoms with van der Waals surface area (Å²) in [7, 11) is 0. The summed E-state index contributed by atoms with van der Waals surface area (Å²) < 4.78 is 5.87. The molecule has 0 atom stereocenters. The number of hydrogen-bond acceptors (Lipinski definition) is 3. The fourth-order valence-electron chi connectivity index (χ4n) is 2.79. The predicted molar refractivity (Wildman–Crippen MR) is 83.2 cm³/mol. The second-order valence-electron chi connectivity index (χ2n) is 5.50. The van der Waals surface area contributed by atoms with Crippen LogP contribution in [0.15, 0.2) is 47.6 Å². The van der Waals surface area contributed by atoms with Crippen LogP contribution in [0.5, 0.6) is 5.75 Å². The van der Waals surface area contributed by atoms with Gasteiger partial charge < -0.3 is 9.94 Å². The van der Waals surface area contributed by atoms with Crippen molar-refractivity contribution in [2.75, 3.05) is 0 Å². The highest BCUT2D eigenvalue weighted by atomic mass is 16.5. The Labute approximate surface area is 124 Å². The number of ether oxygens (including phenoxy) is 1. The van der Waals surface area contributed by atoms with E-state index in [9.17, 15) is 0 Å². The van der Waals surface area contributed by atoms with E-state index >= 15 is 0 Å². The molecule has 21 heavy (non-hydrogen) atoms. The zero-order valence-corrected chi connectivity index (χ0v) is 12.2. The maximum absolute atomic E-state index is 9.11. The molecule has 0 fully saturated rings. The van der Waals surface area contributed by atoms with Crippen LogP contribution in [0.4, 0.5) is 0 Å². The molecule has 3 rings (SSSR count). The summed E-state index contributed by atoms with van der Waals surface area (Å²) in [6, 6.07) is 14.4. The second-order valence-corrected chi connectivity index (χ2v) is 5.50. The Kier molecular flexibility index (Phi) is 3.91. The number of aryl methyl sites for hydroxylation is 2. The van der Waals surface area contributed by atoms with E-state index in [0.717, 1.165) is 41.9 Å². The van der Waals surface area contributed by atoms with Gasteiger partial charge in [-0.05, 0) is 49.4 Å². The lowest BCUT2D eigenvalue weighted by Crippen LogP contribution is -2.12. The lowest BCUT2D eigenvalue weighted by molar-refractivity contribution is 0.305. The summed E-state index contributed by atoms with van der Waals surface area (Å²) in [4.78, 5) is 0. The van der Waals surface area contributed by atoms with E-state index in [1.807, 2.05) is 18.2 Å². The van der Waals surface area contributed by atoms with Gasteiger partial charge in [-0.3, -0.25) is 0 Å². The van der Waals surface area contributed by atoms with E-state index < -0.39 is 0 Å². The fourth-order valence-corrected chi connectivity index (χ4v) is 2.79. The normalized spacial score (nSPS) is 15.8. The largest absolute Gasteiger partial charge is 0.489 e. The predicted octanol–water partition coefficient (Wildman–Crippen LogP) is 4.09. The molecule has 3 nitrogen and oxygen atoms in total. The first kappa shape index (κ1) is 13.7. The highest BCUT2D eigenvalue weighted by Crippen LogP contribution is 2.26. The van der Waals surface area contributed by atoms with Crippen molar-refractivity contribution in [3.05, 3.63) is 64.7 Å². The van der Waals surface area contributed by atoms with Gasteiger partial charge in [-0.1, -0.05) is 41.1 Å². The third kappa shape index (κ3) is 3.07. The van der Waals surface area contributed by atoms with Gasteiger partial charge in [0, 0.05) is 5.56 Å². The molecule has 1 N–H and O–H groups in total. The molecule has 0 radical (unpaired) electrons. The number of fused-ring (bicyclic) bond motifs is 1. The molecule has 0 unspecified atom stereocenters. The van der Waals surface area contributed by atoms with Gasteiger partial charge in [0.15, 0.2) is 0 Å². The molecule has 1 aliphatic carbocycles. The van der Waals surface area contributed by atoms with E-state index in [1.165, 1.54) is 11.1 Å². The lowest BCUT2D eigenvalue weighted by Gasteiger charge is -2.18. The third-order valence-electron chi connectivity index (χ3n) is 3.86. The average molecular weight is 281 g/mol. The number of nitrogens with zero attached hydrogens (tertiary/aromatic N) is 1. The van der Waals surface area contributed by atoms with Crippen molar-refractivity contribution in [2.24, 2.45) is 5.16 Å².